The molecule has 0 N–H and O–H groups in total. The van der Waals surface area contributed by atoms with Crippen molar-refractivity contribution in [1.82, 2.24) is 4.57 Å². The largest absolute Gasteiger partial charge is 0.343 e. The molecule has 0 bridgehead atoms. The molecule has 2 nitrogen and oxygen atoms in total. The molecule has 4 heteroatoms. The zero-order chi connectivity index (χ0) is 14.1. The molecule has 0 unspecified atom stereocenters. The molecule has 0 aliphatic carbocycles. The molecule has 0 fully saturated rings. The molecule has 0 aliphatic rings. The van der Waals surface area contributed by atoms with Gasteiger partial charge in [0.15, 0.2) is 0 Å². The Morgan fingerprint density at radius 3 is 2.70 bits per heavy atom. The number of fused-ring (bicyclic) bond motifs is 1. The number of rotatable bonds is 2. The lowest BCUT2D eigenvalue weighted by Gasteiger charge is -2.08. The molecule has 0 radical (unpaired) electrons. The molecule has 1 aromatic heterocycles. The molecule has 2 aromatic carbocycles. The maximum Gasteiger partial charge on any atom is 0.0991 e. The van der Waals surface area contributed by atoms with Crippen LogP contribution in [0.25, 0.3) is 10.9 Å². The van der Waals surface area contributed by atoms with E-state index >= 15 is 0 Å². The van der Waals surface area contributed by atoms with E-state index < -0.39 is 0 Å². The second kappa shape index (κ2) is 5.20. The third-order valence-corrected chi connectivity index (χ3v) is 3.85. The number of benzene rings is 2. The Kier molecular flexibility index (Phi) is 3.40. The average molecular weight is 301 g/mol. The minimum absolute atomic E-state index is 0.648. The Balaban J connectivity index is 2.03. The van der Waals surface area contributed by atoms with Crippen LogP contribution < -0.4 is 0 Å². The van der Waals surface area contributed by atoms with Crippen molar-refractivity contribution in [3.63, 3.8) is 0 Å². The van der Waals surface area contributed by atoms with Crippen LogP contribution in [0, 0.1) is 11.3 Å². The molecule has 0 atom stereocenters. The number of hydrogen-bond donors (Lipinski definition) is 0. The maximum atomic E-state index is 8.92. The summed E-state index contributed by atoms with van der Waals surface area (Å²) < 4.78 is 2.09. The fourth-order valence-corrected chi connectivity index (χ4v) is 2.63. The second-order valence-corrected chi connectivity index (χ2v) is 5.41. The van der Waals surface area contributed by atoms with Gasteiger partial charge in [-0.25, -0.2) is 0 Å². The standard InChI is InChI=1S/C16H10Cl2N2/c17-14-2-3-15(18)13(8-14)10-20-6-5-12-7-11(9-19)1-4-16(12)20/h1-8H,10H2. The number of halogens is 2. The zero-order valence-electron chi connectivity index (χ0n) is 10.5. The van der Waals surface area contributed by atoms with Gasteiger partial charge >= 0.3 is 0 Å². The van der Waals surface area contributed by atoms with Crippen molar-refractivity contribution in [3.05, 3.63) is 69.8 Å². The number of aromatic nitrogens is 1. The van der Waals surface area contributed by atoms with E-state index in [1.54, 1.807) is 12.1 Å². The van der Waals surface area contributed by atoms with E-state index in [4.69, 9.17) is 28.5 Å². The van der Waals surface area contributed by atoms with Crippen molar-refractivity contribution in [1.29, 1.82) is 5.26 Å². The van der Waals surface area contributed by atoms with Gasteiger partial charge < -0.3 is 4.57 Å². The SMILES string of the molecule is N#Cc1ccc2c(ccn2Cc2cc(Cl)ccc2Cl)c1. The van der Waals surface area contributed by atoms with E-state index in [9.17, 15) is 0 Å². The van der Waals surface area contributed by atoms with Gasteiger partial charge in [-0.15, -0.1) is 0 Å². The predicted molar refractivity (Wildman–Crippen MR) is 82.2 cm³/mol. The van der Waals surface area contributed by atoms with Gasteiger partial charge in [-0.2, -0.15) is 5.26 Å². The zero-order valence-corrected chi connectivity index (χ0v) is 12.0. The van der Waals surface area contributed by atoms with Crippen LogP contribution in [-0.2, 0) is 6.54 Å². The summed E-state index contributed by atoms with van der Waals surface area (Å²) in [6, 6.07) is 15.2. The first-order valence-corrected chi connectivity index (χ1v) is 6.86. The van der Waals surface area contributed by atoms with Gasteiger partial charge in [0, 0.05) is 33.7 Å². The molecule has 20 heavy (non-hydrogen) atoms. The summed E-state index contributed by atoms with van der Waals surface area (Å²) in [6.07, 6.45) is 1.99. The van der Waals surface area contributed by atoms with Crippen molar-refractivity contribution in [2.75, 3.05) is 0 Å². The van der Waals surface area contributed by atoms with Gasteiger partial charge in [0.25, 0.3) is 0 Å². The van der Waals surface area contributed by atoms with Crippen molar-refractivity contribution in [3.8, 4) is 6.07 Å². The van der Waals surface area contributed by atoms with Gasteiger partial charge in [0.05, 0.1) is 11.6 Å². The Morgan fingerprint density at radius 2 is 1.90 bits per heavy atom. The molecule has 0 amide bonds. The molecular formula is C16H10Cl2N2. The third-order valence-electron chi connectivity index (χ3n) is 3.25. The van der Waals surface area contributed by atoms with Crippen LogP contribution in [0.5, 0.6) is 0 Å². The first kappa shape index (κ1) is 13.1. The van der Waals surface area contributed by atoms with Crippen molar-refractivity contribution in [2.45, 2.75) is 6.54 Å². The fourth-order valence-electron chi connectivity index (χ4n) is 2.26. The monoisotopic (exact) mass is 300 g/mol. The van der Waals surface area contributed by atoms with Gasteiger partial charge in [0.2, 0.25) is 0 Å². The Labute approximate surface area is 126 Å². The summed E-state index contributed by atoms with van der Waals surface area (Å²) in [5, 5.41) is 11.3. The van der Waals surface area contributed by atoms with Crippen LogP contribution in [0.2, 0.25) is 10.0 Å². The Morgan fingerprint density at radius 1 is 1.05 bits per heavy atom. The first-order valence-electron chi connectivity index (χ1n) is 6.10. The molecule has 3 aromatic rings. The fraction of sp³-hybridized carbons (Fsp3) is 0.0625. The van der Waals surface area contributed by atoms with E-state index in [2.05, 4.69) is 10.6 Å². The van der Waals surface area contributed by atoms with Crippen LogP contribution in [0.4, 0.5) is 0 Å². The number of nitriles is 1. The lowest BCUT2D eigenvalue weighted by molar-refractivity contribution is 0.837. The van der Waals surface area contributed by atoms with E-state index in [-0.39, 0.29) is 0 Å². The predicted octanol–water partition coefficient (Wildman–Crippen LogP) is 4.87. The third kappa shape index (κ3) is 2.38. The van der Waals surface area contributed by atoms with Crippen molar-refractivity contribution in [2.24, 2.45) is 0 Å². The normalized spacial score (nSPS) is 10.7. The van der Waals surface area contributed by atoms with Crippen LogP contribution in [0.15, 0.2) is 48.7 Å². The molecule has 0 saturated heterocycles. The summed E-state index contributed by atoms with van der Waals surface area (Å²) in [4.78, 5) is 0. The van der Waals surface area contributed by atoms with Crippen LogP contribution >= 0.6 is 23.2 Å². The highest BCUT2D eigenvalue weighted by molar-refractivity contribution is 6.33. The van der Waals surface area contributed by atoms with Gasteiger partial charge in [-0.05, 0) is 48.0 Å². The molecule has 3 rings (SSSR count). The molecule has 0 aliphatic heterocycles. The average Bonchev–Trinajstić information content (AvgIpc) is 2.85. The van der Waals surface area contributed by atoms with Crippen molar-refractivity contribution >= 4 is 34.1 Å². The van der Waals surface area contributed by atoms with Crippen LogP contribution in [0.1, 0.15) is 11.1 Å². The summed E-state index contributed by atoms with van der Waals surface area (Å²) in [5.74, 6) is 0. The van der Waals surface area contributed by atoms with Gasteiger partial charge in [-0.1, -0.05) is 23.2 Å². The van der Waals surface area contributed by atoms with E-state index in [1.165, 1.54) is 0 Å². The summed E-state index contributed by atoms with van der Waals surface area (Å²) in [7, 11) is 0. The van der Waals surface area contributed by atoms with Crippen LogP contribution in [-0.4, -0.2) is 4.57 Å². The number of hydrogen-bond acceptors (Lipinski definition) is 1. The topological polar surface area (TPSA) is 28.7 Å². The first-order chi connectivity index (χ1) is 9.67. The Hall–Kier alpha value is -1.95. The Bertz CT molecular complexity index is 828. The maximum absolute atomic E-state index is 8.92. The van der Waals surface area contributed by atoms with Gasteiger partial charge in [0.1, 0.15) is 0 Å². The molecule has 1 heterocycles. The van der Waals surface area contributed by atoms with E-state index in [0.717, 1.165) is 16.5 Å². The highest BCUT2D eigenvalue weighted by atomic mass is 35.5. The smallest absolute Gasteiger partial charge is 0.0991 e. The minimum Gasteiger partial charge on any atom is -0.343 e. The highest BCUT2D eigenvalue weighted by Crippen LogP contribution is 2.24. The van der Waals surface area contributed by atoms with Crippen molar-refractivity contribution < 1.29 is 0 Å². The summed E-state index contributed by atoms with van der Waals surface area (Å²) >= 11 is 12.2. The molecule has 0 saturated carbocycles. The van der Waals surface area contributed by atoms with E-state index in [1.807, 2.05) is 36.5 Å². The molecular weight excluding hydrogens is 291 g/mol. The lowest BCUT2D eigenvalue weighted by atomic mass is 10.2. The summed E-state index contributed by atoms with van der Waals surface area (Å²) in [6.45, 7) is 0.648. The second-order valence-electron chi connectivity index (χ2n) is 4.56. The highest BCUT2D eigenvalue weighted by Gasteiger charge is 2.06. The van der Waals surface area contributed by atoms with Gasteiger partial charge in [-0.3, -0.25) is 0 Å². The molecule has 0 spiro atoms. The quantitative estimate of drug-likeness (QED) is 0.664. The minimum atomic E-state index is 0.648. The molecule has 98 valence electrons. The number of nitrogens with zero attached hydrogens (tertiary/aromatic N) is 2. The lowest BCUT2D eigenvalue weighted by Crippen LogP contribution is -1.98. The van der Waals surface area contributed by atoms with E-state index in [0.29, 0.717) is 22.2 Å². The van der Waals surface area contributed by atoms with Crippen LogP contribution in [0.3, 0.4) is 0 Å². The summed E-state index contributed by atoms with van der Waals surface area (Å²) in [5.41, 5.74) is 2.71.